The van der Waals surface area contributed by atoms with Gasteiger partial charge in [0.15, 0.2) is 0 Å². The molecule has 4 nitrogen and oxygen atoms in total. The van der Waals surface area contributed by atoms with Gasteiger partial charge >= 0.3 is 0 Å². The van der Waals surface area contributed by atoms with Crippen molar-refractivity contribution in [1.29, 1.82) is 0 Å². The van der Waals surface area contributed by atoms with E-state index >= 15 is 0 Å². The Morgan fingerprint density at radius 1 is 1.35 bits per heavy atom. The molecule has 1 aromatic rings. The average Bonchev–Trinajstić information content (AvgIpc) is 2.72. The van der Waals surface area contributed by atoms with Crippen LogP contribution < -0.4 is 5.48 Å². The Morgan fingerprint density at radius 3 is 2.65 bits per heavy atom. The largest absolute Gasteiger partial charge is 0.391 e. The molecule has 2 saturated heterocycles. The van der Waals surface area contributed by atoms with E-state index in [4.69, 9.17) is 4.84 Å². The topological polar surface area (TPSA) is 44.7 Å². The van der Waals surface area contributed by atoms with Crippen LogP contribution in [-0.2, 0) is 4.84 Å². The van der Waals surface area contributed by atoms with Crippen LogP contribution in [-0.4, -0.2) is 42.4 Å². The van der Waals surface area contributed by atoms with E-state index in [1.165, 1.54) is 14.7 Å². The molecule has 2 unspecified atom stereocenters. The molecule has 0 radical (unpaired) electrons. The van der Waals surface area contributed by atoms with Gasteiger partial charge in [0.2, 0.25) is 0 Å². The van der Waals surface area contributed by atoms with Crippen LogP contribution in [0.4, 0.5) is 0 Å². The van der Waals surface area contributed by atoms with Gasteiger partial charge in [-0.25, -0.2) is 0 Å². The van der Waals surface area contributed by atoms with Crippen molar-refractivity contribution in [3.8, 4) is 0 Å². The molecule has 2 heterocycles. The van der Waals surface area contributed by atoms with Crippen LogP contribution in [0.15, 0.2) is 35.5 Å². The van der Waals surface area contributed by atoms with E-state index in [1.807, 2.05) is 0 Å². The van der Waals surface area contributed by atoms with Crippen LogP contribution in [0.3, 0.4) is 0 Å². The number of benzene rings is 1. The SMILES string of the molecule is CCC(NOC)=C1[C@@H](c2ccc(I)cc2)CC2CC(O)[C@H]1N2C. The lowest BCUT2D eigenvalue weighted by atomic mass is 9.79. The number of hydrogen-bond donors (Lipinski definition) is 2. The standard InChI is InChI=1S/C18H25IN2O2/c1-4-15(20-23-3)17-14(11-5-7-12(19)8-6-11)9-13-10-16(22)18(17)21(13)2/h5-8,13-14,16,18,20,22H,4,9-10H2,1-3H3/t13?,14-,16?,18-/m1/s1. The van der Waals surface area contributed by atoms with Crippen LogP contribution in [0.1, 0.15) is 37.7 Å². The molecule has 1 aromatic carbocycles. The van der Waals surface area contributed by atoms with Gasteiger partial charge in [-0.05, 0) is 72.2 Å². The monoisotopic (exact) mass is 428 g/mol. The number of fused-ring (bicyclic) bond motifs is 2. The van der Waals surface area contributed by atoms with Crippen molar-refractivity contribution in [3.63, 3.8) is 0 Å². The highest BCUT2D eigenvalue weighted by Gasteiger charge is 2.48. The highest BCUT2D eigenvalue weighted by Crippen LogP contribution is 2.47. The number of rotatable bonds is 4. The zero-order chi connectivity index (χ0) is 16.6. The van der Waals surface area contributed by atoms with Gasteiger partial charge in [-0.3, -0.25) is 15.2 Å². The van der Waals surface area contributed by atoms with Gasteiger partial charge in [-0.1, -0.05) is 19.1 Å². The third-order valence-electron chi connectivity index (χ3n) is 5.29. The lowest BCUT2D eigenvalue weighted by Gasteiger charge is -2.40. The summed E-state index contributed by atoms with van der Waals surface area (Å²) in [4.78, 5) is 7.56. The fourth-order valence-corrected chi connectivity index (χ4v) is 4.58. The first-order valence-electron chi connectivity index (χ1n) is 8.24. The lowest BCUT2D eigenvalue weighted by molar-refractivity contribution is 0.101. The number of likely N-dealkylation sites (N-methyl/N-ethyl adjacent to an activating group) is 1. The summed E-state index contributed by atoms with van der Waals surface area (Å²) in [6.07, 6.45) is 2.48. The quantitative estimate of drug-likeness (QED) is 0.572. The number of nitrogens with one attached hydrogen (secondary N) is 1. The maximum absolute atomic E-state index is 10.6. The third-order valence-corrected chi connectivity index (χ3v) is 6.01. The van der Waals surface area contributed by atoms with Gasteiger partial charge in [0.1, 0.15) is 0 Å². The first kappa shape index (κ1) is 17.2. The Bertz CT molecular complexity index is 587. The Labute approximate surface area is 152 Å². The number of hydroxylamine groups is 1. The predicted molar refractivity (Wildman–Crippen MR) is 99.9 cm³/mol. The Kier molecular flexibility index (Phi) is 5.30. The van der Waals surface area contributed by atoms with Crippen molar-refractivity contribution < 1.29 is 9.94 Å². The summed E-state index contributed by atoms with van der Waals surface area (Å²) in [5.41, 5.74) is 6.81. The number of piperidine rings is 1. The predicted octanol–water partition coefficient (Wildman–Crippen LogP) is 3.03. The normalized spacial score (nSPS) is 32.9. The molecule has 2 bridgehead atoms. The second-order valence-electron chi connectivity index (χ2n) is 6.50. The van der Waals surface area contributed by atoms with Crippen molar-refractivity contribution in [2.45, 2.75) is 50.3 Å². The molecule has 0 aromatic heterocycles. The van der Waals surface area contributed by atoms with E-state index in [-0.39, 0.29) is 12.1 Å². The summed E-state index contributed by atoms with van der Waals surface area (Å²) in [7, 11) is 3.78. The minimum atomic E-state index is -0.297. The molecule has 0 aliphatic carbocycles. The number of aliphatic hydroxyl groups is 1. The number of hydrogen-bond acceptors (Lipinski definition) is 4. The molecule has 2 aliphatic heterocycles. The molecule has 0 saturated carbocycles. The van der Waals surface area contributed by atoms with E-state index in [2.05, 4.69) is 71.2 Å². The molecular weight excluding hydrogens is 403 g/mol. The van der Waals surface area contributed by atoms with Gasteiger partial charge in [0, 0.05) is 21.2 Å². The minimum absolute atomic E-state index is 0.0793. The molecule has 126 valence electrons. The molecule has 0 amide bonds. The van der Waals surface area contributed by atoms with Crippen molar-refractivity contribution in [2.75, 3.05) is 14.2 Å². The molecule has 0 spiro atoms. The molecule has 5 heteroatoms. The second kappa shape index (κ2) is 7.09. The molecule has 23 heavy (non-hydrogen) atoms. The van der Waals surface area contributed by atoms with E-state index in [9.17, 15) is 5.11 Å². The summed E-state index contributed by atoms with van der Waals surface area (Å²) >= 11 is 2.34. The van der Waals surface area contributed by atoms with Crippen LogP contribution in [0.2, 0.25) is 0 Å². The number of nitrogens with zero attached hydrogens (tertiary/aromatic N) is 1. The first-order valence-corrected chi connectivity index (χ1v) is 9.32. The zero-order valence-corrected chi connectivity index (χ0v) is 16.1. The van der Waals surface area contributed by atoms with Gasteiger partial charge < -0.3 is 5.11 Å². The van der Waals surface area contributed by atoms with Gasteiger partial charge in [0.05, 0.1) is 19.3 Å². The second-order valence-corrected chi connectivity index (χ2v) is 7.75. The van der Waals surface area contributed by atoms with Crippen molar-refractivity contribution in [1.82, 2.24) is 10.4 Å². The van der Waals surface area contributed by atoms with Crippen molar-refractivity contribution >= 4 is 22.6 Å². The minimum Gasteiger partial charge on any atom is -0.391 e. The van der Waals surface area contributed by atoms with E-state index in [1.54, 1.807) is 7.11 Å². The molecule has 3 rings (SSSR count). The Balaban J connectivity index is 2.07. The summed E-state index contributed by atoms with van der Waals surface area (Å²) < 4.78 is 1.25. The molecular formula is C18H25IN2O2. The third kappa shape index (κ3) is 3.16. The van der Waals surface area contributed by atoms with Crippen LogP contribution >= 0.6 is 22.6 Å². The summed E-state index contributed by atoms with van der Waals surface area (Å²) in [5, 5.41) is 10.6. The Hall–Kier alpha value is -0.630. The first-order chi connectivity index (χ1) is 11.1. The van der Waals surface area contributed by atoms with Gasteiger partial charge in [-0.2, -0.15) is 0 Å². The molecule has 2 fully saturated rings. The van der Waals surface area contributed by atoms with Crippen molar-refractivity contribution in [2.24, 2.45) is 0 Å². The number of halogens is 1. The molecule has 4 atom stereocenters. The van der Waals surface area contributed by atoms with E-state index in [0.29, 0.717) is 12.0 Å². The zero-order valence-electron chi connectivity index (χ0n) is 13.9. The number of allylic oxidation sites excluding steroid dienone is 1. The number of aliphatic hydroxyl groups excluding tert-OH is 1. The molecule has 2 N–H and O–H groups in total. The fourth-order valence-electron chi connectivity index (χ4n) is 4.22. The maximum atomic E-state index is 10.6. The highest BCUT2D eigenvalue weighted by atomic mass is 127. The van der Waals surface area contributed by atoms with Crippen LogP contribution in [0.5, 0.6) is 0 Å². The van der Waals surface area contributed by atoms with Crippen LogP contribution in [0, 0.1) is 3.57 Å². The smallest absolute Gasteiger partial charge is 0.0749 e. The van der Waals surface area contributed by atoms with Crippen molar-refractivity contribution in [3.05, 3.63) is 44.7 Å². The van der Waals surface area contributed by atoms with E-state index in [0.717, 1.165) is 25.0 Å². The molecule has 2 aliphatic rings. The van der Waals surface area contributed by atoms with Crippen LogP contribution in [0.25, 0.3) is 0 Å². The van der Waals surface area contributed by atoms with Gasteiger partial charge in [-0.15, -0.1) is 0 Å². The maximum Gasteiger partial charge on any atom is 0.0749 e. The summed E-state index contributed by atoms with van der Waals surface area (Å²) in [6, 6.07) is 9.31. The lowest BCUT2D eigenvalue weighted by Crippen LogP contribution is -2.45. The summed E-state index contributed by atoms with van der Waals surface area (Å²) in [6.45, 7) is 2.13. The average molecular weight is 428 g/mol. The highest BCUT2D eigenvalue weighted by molar-refractivity contribution is 14.1. The summed E-state index contributed by atoms with van der Waals surface area (Å²) in [5.74, 6) is 0.341. The fraction of sp³-hybridized carbons (Fsp3) is 0.556. The van der Waals surface area contributed by atoms with E-state index < -0.39 is 0 Å². The Morgan fingerprint density at radius 2 is 2.04 bits per heavy atom. The van der Waals surface area contributed by atoms with Gasteiger partial charge in [0.25, 0.3) is 0 Å².